The first-order chi connectivity index (χ1) is 8.86. The van der Waals surface area contributed by atoms with Crippen LogP contribution in [0.25, 0.3) is 0 Å². The Balaban J connectivity index is 2.17. The predicted octanol–water partition coefficient (Wildman–Crippen LogP) is 2.52. The quantitative estimate of drug-likeness (QED) is 0.638. The Morgan fingerprint density at radius 1 is 1.39 bits per heavy atom. The molecule has 0 radical (unpaired) electrons. The van der Waals surface area contributed by atoms with Crippen LogP contribution in [0.1, 0.15) is 30.9 Å². The molecule has 0 spiro atoms. The molecule has 1 aromatic rings. The Morgan fingerprint density at radius 3 is 3.00 bits per heavy atom. The van der Waals surface area contributed by atoms with Gasteiger partial charge in [-0.05, 0) is 26.0 Å². The smallest absolute Gasteiger partial charge is 0.166 e. The minimum Gasteiger partial charge on any atom is -0.486 e. The van der Waals surface area contributed by atoms with Crippen LogP contribution in [0.3, 0.4) is 0 Å². The van der Waals surface area contributed by atoms with Crippen LogP contribution in [-0.4, -0.2) is 20.3 Å². The lowest BCUT2D eigenvalue weighted by molar-refractivity contribution is 0.168. The first kappa shape index (κ1) is 12.8. The number of terminal acetylenes is 1. The van der Waals surface area contributed by atoms with Crippen molar-refractivity contribution in [2.45, 2.75) is 25.3 Å². The van der Waals surface area contributed by atoms with E-state index in [0.29, 0.717) is 13.2 Å². The summed E-state index contributed by atoms with van der Waals surface area (Å²) in [5.41, 5.74) is 1.16. The van der Waals surface area contributed by atoms with Crippen LogP contribution in [0.4, 0.5) is 0 Å². The van der Waals surface area contributed by atoms with Crippen molar-refractivity contribution in [3.05, 3.63) is 23.8 Å². The number of nitrogens with one attached hydrogen (secondary N) is 1. The lowest BCUT2D eigenvalue weighted by Gasteiger charge is -2.25. The molecule has 96 valence electrons. The minimum atomic E-state index is 0.259. The summed E-state index contributed by atoms with van der Waals surface area (Å²) in [5, 5.41) is 3.32. The standard InChI is InChI=1S/C15H19NO2/c1-3-4-5-8-13(16-2)12-7-6-9-14-15(12)18-11-10-17-14/h1,6-7,9,13,16H,4-5,8,10-11H2,2H3. The Bertz CT molecular complexity index is 437. The van der Waals surface area contributed by atoms with Crippen molar-refractivity contribution in [1.29, 1.82) is 0 Å². The van der Waals surface area contributed by atoms with Crippen molar-refractivity contribution >= 4 is 0 Å². The fraction of sp³-hybridized carbons (Fsp3) is 0.467. The molecule has 0 aliphatic carbocycles. The molecule has 1 aliphatic heterocycles. The summed E-state index contributed by atoms with van der Waals surface area (Å²) in [4.78, 5) is 0. The Labute approximate surface area is 108 Å². The average molecular weight is 245 g/mol. The molecule has 0 saturated heterocycles. The number of unbranched alkanes of at least 4 members (excludes halogenated alkanes) is 1. The fourth-order valence-electron chi connectivity index (χ4n) is 2.23. The fourth-order valence-corrected chi connectivity index (χ4v) is 2.23. The van der Waals surface area contributed by atoms with E-state index in [-0.39, 0.29) is 6.04 Å². The predicted molar refractivity (Wildman–Crippen MR) is 71.9 cm³/mol. The highest BCUT2D eigenvalue weighted by atomic mass is 16.6. The molecule has 1 N–H and O–H groups in total. The van der Waals surface area contributed by atoms with E-state index >= 15 is 0 Å². The second-order valence-corrected chi connectivity index (χ2v) is 4.31. The highest BCUT2D eigenvalue weighted by Gasteiger charge is 2.20. The van der Waals surface area contributed by atoms with Crippen LogP contribution in [0, 0.1) is 12.3 Å². The number of benzene rings is 1. The Hall–Kier alpha value is -1.66. The maximum absolute atomic E-state index is 5.74. The molecule has 1 unspecified atom stereocenters. The van der Waals surface area contributed by atoms with Gasteiger partial charge in [-0.15, -0.1) is 12.3 Å². The topological polar surface area (TPSA) is 30.5 Å². The van der Waals surface area contributed by atoms with Gasteiger partial charge in [0, 0.05) is 18.0 Å². The van der Waals surface area contributed by atoms with Crippen molar-refractivity contribution in [3.8, 4) is 23.8 Å². The number of hydrogen-bond acceptors (Lipinski definition) is 3. The summed E-state index contributed by atoms with van der Waals surface area (Å²) in [6.45, 7) is 1.24. The van der Waals surface area contributed by atoms with Gasteiger partial charge in [0.15, 0.2) is 11.5 Å². The molecule has 1 heterocycles. The van der Waals surface area contributed by atoms with Crippen LogP contribution >= 0.6 is 0 Å². The largest absolute Gasteiger partial charge is 0.486 e. The van der Waals surface area contributed by atoms with E-state index in [9.17, 15) is 0 Å². The minimum absolute atomic E-state index is 0.259. The first-order valence-electron chi connectivity index (χ1n) is 6.36. The molecule has 3 nitrogen and oxygen atoms in total. The highest BCUT2D eigenvalue weighted by Crippen LogP contribution is 2.38. The van der Waals surface area contributed by atoms with Gasteiger partial charge in [-0.1, -0.05) is 12.1 Å². The Kier molecular flexibility index (Phi) is 4.49. The summed E-state index contributed by atoms with van der Waals surface area (Å²) in [6.07, 6.45) is 8.11. The zero-order chi connectivity index (χ0) is 12.8. The van der Waals surface area contributed by atoms with E-state index in [1.807, 2.05) is 19.2 Å². The van der Waals surface area contributed by atoms with Crippen molar-refractivity contribution in [3.63, 3.8) is 0 Å². The van der Waals surface area contributed by atoms with E-state index in [4.69, 9.17) is 15.9 Å². The van der Waals surface area contributed by atoms with Gasteiger partial charge >= 0.3 is 0 Å². The molecule has 1 atom stereocenters. The number of rotatable bonds is 5. The maximum atomic E-state index is 5.74. The number of hydrogen-bond donors (Lipinski definition) is 1. The van der Waals surface area contributed by atoms with Crippen molar-refractivity contribution < 1.29 is 9.47 Å². The van der Waals surface area contributed by atoms with E-state index in [1.165, 1.54) is 0 Å². The third-order valence-corrected chi connectivity index (χ3v) is 3.13. The molecule has 2 rings (SSSR count). The van der Waals surface area contributed by atoms with E-state index < -0.39 is 0 Å². The summed E-state index contributed by atoms with van der Waals surface area (Å²) in [7, 11) is 1.96. The lowest BCUT2D eigenvalue weighted by atomic mass is 9.99. The van der Waals surface area contributed by atoms with Crippen molar-refractivity contribution in [2.75, 3.05) is 20.3 Å². The van der Waals surface area contributed by atoms with Crippen LogP contribution in [-0.2, 0) is 0 Å². The SMILES string of the molecule is C#CCCCC(NC)c1cccc2c1OCCO2. The number of fused-ring (bicyclic) bond motifs is 1. The third kappa shape index (κ3) is 2.77. The highest BCUT2D eigenvalue weighted by molar-refractivity contribution is 5.48. The molecule has 0 aromatic heterocycles. The van der Waals surface area contributed by atoms with Crippen LogP contribution in [0.2, 0.25) is 0 Å². The average Bonchev–Trinajstić information content (AvgIpc) is 2.43. The van der Waals surface area contributed by atoms with E-state index in [0.717, 1.165) is 36.3 Å². The summed E-state index contributed by atoms with van der Waals surface area (Å²) in [6, 6.07) is 6.31. The van der Waals surface area contributed by atoms with Crippen molar-refractivity contribution in [2.24, 2.45) is 0 Å². The van der Waals surface area contributed by atoms with Crippen LogP contribution in [0.5, 0.6) is 11.5 Å². The molecule has 0 fully saturated rings. The normalized spacial score (nSPS) is 14.9. The molecule has 1 aliphatic rings. The molecule has 0 bridgehead atoms. The number of ether oxygens (including phenoxy) is 2. The third-order valence-electron chi connectivity index (χ3n) is 3.13. The maximum Gasteiger partial charge on any atom is 0.166 e. The Morgan fingerprint density at radius 2 is 2.22 bits per heavy atom. The van der Waals surface area contributed by atoms with Gasteiger partial charge in [0.25, 0.3) is 0 Å². The molecular formula is C15H19NO2. The van der Waals surface area contributed by atoms with Crippen LogP contribution in [0.15, 0.2) is 18.2 Å². The second kappa shape index (κ2) is 6.32. The second-order valence-electron chi connectivity index (χ2n) is 4.31. The molecule has 1 aromatic carbocycles. The van der Waals surface area contributed by atoms with E-state index in [1.54, 1.807) is 0 Å². The van der Waals surface area contributed by atoms with Gasteiger partial charge < -0.3 is 14.8 Å². The van der Waals surface area contributed by atoms with Gasteiger partial charge in [-0.3, -0.25) is 0 Å². The lowest BCUT2D eigenvalue weighted by Crippen LogP contribution is -2.21. The molecule has 0 saturated carbocycles. The van der Waals surface area contributed by atoms with E-state index in [2.05, 4.69) is 17.3 Å². The van der Waals surface area contributed by atoms with Gasteiger partial charge in [0.05, 0.1) is 0 Å². The first-order valence-corrected chi connectivity index (χ1v) is 6.36. The van der Waals surface area contributed by atoms with Gasteiger partial charge in [-0.25, -0.2) is 0 Å². The van der Waals surface area contributed by atoms with Gasteiger partial charge in [0.2, 0.25) is 0 Å². The van der Waals surface area contributed by atoms with Crippen molar-refractivity contribution in [1.82, 2.24) is 5.32 Å². The molecule has 18 heavy (non-hydrogen) atoms. The zero-order valence-electron chi connectivity index (χ0n) is 10.7. The molecular weight excluding hydrogens is 226 g/mol. The summed E-state index contributed by atoms with van der Waals surface area (Å²) < 4.78 is 11.3. The summed E-state index contributed by atoms with van der Waals surface area (Å²) in [5.74, 6) is 4.40. The van der Waals surface area contributed by atoms with Gasteiger partial charge in [-0.2, -0.15) is 0 Å². The molecule has 3 heteroatoms. The zero-order valence-corrected chi connectivity index (χ0v) is 10.7. The molecule has 0 amide bonds. The summed E-state index contributed by atoms with van der Waals surface area (Å²) >= 11 is 0. The van der Waals surface area contributed by atoms with Gasteiger partial charge in [0.1, 0.15) is 13.2 Å². The number of para-hydroxylation sites is 1. The van der Waals surface area contributed by atoms with Crippen LogP contribution < -0.4 is 14.8 Å². The monoisotopic (exact) mass is 245 g/mol.